The van der Waals surface area contributed by atoms with Gasteiger partial charge >= 0.3 is 0 Å². The van der Waals surface area contributed by atoms with Crippen LogP contribution in [-0.2, 0) is 27.8 Å². The van der Waals surface area contributed by atoms with Crippen LogP contribution in [0.1, 0.15) is 24.8 Å². The van der Waals surface area contributed by atoms with Gasteiger partial charge in [0.05, 0.1) is 6.42 Å². The first-order valence-corrected chi connectivity index (χ1v) is 8.42. The van der Waals surface area contributed by atoms with Crippen molar-refractivity contribution in [3.8, 4) is 0 Å². The Labute approximate surface area is 137 Å². The van der Waals surface area contributed by atoms with Crippen molar-refractivity contribution in [1.82, 2.24) is 14.4 Å². The number of aromatic nitrogens is 1. The third kappa shape index (κ3) is 3.93. The van der Waals surface area contributed by atoms with Gasteiger partial charge in [-0.3, -0.25) is 9.59 Å². The minimum absolute atomic E-state index is 0.0971. The first-order valence-electron chi connectivity index (χ1n) is 8.42. The molecule has 6 nitrogen and oxygen atoms in total. The van der Waals surface area contributed by atoms with Crippen molar-refractivity contribution >= 4 is 11.8 Å². The zero-order valence-corrected chi connectivity index (χ0v) is 13.7. The molecule has 0 radical (unpaired) electrons. The smallest absolute Gasteiger partial charge is 0.251 e. The number of carbonyl (C=O) groups excluding carboxylic acids is 2. The SMILES string of the molecule is Cn1ccc(CC(=O)N2CCCN(C(=O)C3CCCO3)CC2)c1. The summed E-state index contributed by atoms with van der Waals surface area (Å²) < 4.78 is 7.44. The third-order valence-electron chi connectivity index (χ3n) is 4.61. The van der Waals surface area contributed by atoms with Gasteiger partial charge in [0.15, 0.2) is 0 Å². The van der Waals surface area contributed by atoms with Crippen LogP contribution in [0.2, 0.25) is 0 Å². The highest BCUT2D eigenvalue weighted by atomic mass is 16.5. The van der Waals surface area contributed by atoms with Crippen molar-refractivity contribution in [2.75, 3.05) is 32.8 Å². The number of rotatable bonds is 3. The number of ether oxygens (including phenoxy) is 1. The van der Waals surface area contributed by atoms with E-state index in [1.165, 1.54) is 0 Å². The van der Waals surface area contributed by atoms with Gasteiger partial charge in [-0.1, -0.05) is 0 Å². The summed E-state index contributed by atoms with van der Waals surface area (Å²) in [5.74, 6) is 0.238. The van der Waals surface area contributed by atoms with Crippen LogP contribution in [0.3, 0.4) is 0 Å². The fourth-order valence-corrected chi connectivity index (χ4v) is 3.32. The summed E-state index contributed by atoms with van der Waals surface area (Å²) in [6.45, 7) is 3.35. The zero-order chi connectivity index (χ0) is 16.2. The molecule has 0 bridgehead atoms. The monoisotopic (exact) mass is 319 g/mol. The molecular formula is C17H25N3O3. The summed E-state index contributed by atoms with van der Waals surface area (Å²) in [6.07, 6.45) is 6.72. The molecule has 2 saturated heterocycles. The van der Waals surface area contributed by atoms with E-state index >= 15 is 0 Å². The lowest BCUT2D eigenvalue weighted by Gasteiger charge is -2.24. The number of nitrogens with zero attached hydrogens (tertiary/aromatic N) is 3. The predicted molar refractivity (Wildman–Crippen MR) is 85.9 cm³/mol. The highest BCUT2D eigenvalue weighted by Crippen LogP contribution is 2.16. The Balaban J connectivity index is 1.53. The number of hydrogen-bond donors (Lipinski definition) is 0. The molecule has 2 aliphatic heterocycles. The minimum Gasteiger partial charge on any atom is -0.368 e. The molecule has 0 spiro atoms. The topological polar surface area (TPSA) is 54.8 Å². The van der Waals surface area contributed by atoms with Gasteiger partial charge in [-0.2, -0.15) is 0 Å². The molecule has 23 heavy (non-hydrogen) atoms. The predicted octanol–water partition coefficient (Wildman–Crippen LogP) is 0.808. The second-order valence-electron chi connectivity index (χ2n) is 6.42. The average molecular weight is 319 g/mol. The molecule has 3 rings (SSSR count). The standard InChI is InChI=1S/C17H25N3O3/c1-18-8-5-14(13-18)12-16(21)19-6-3-7-20(10-9-19)17(22)15-4-2-11-23-15/h5,8,13,15H,2-4,6-7,9-12H2,1H3. The lowest BCUT2D eigenvalue weighted by molar-refractivity contribution is -0.141. The van der Waals surface area contributed by atoms with Gasteiger partial charge in [-0.05, 0) is 30.9 Å². The molecule has 0 aromatic carbocycles. The summed E-state index contributed by atoms with van der Waals surface area (Å²) in [5.41, 5.74) is 1.04. The van der Waals surface area contributed by atoms with Crippen LogP contribution in [0.5, 0.6) is 0 Å². The van der Waals surface area contributed by atoms with Crippen LogP contribution in [0.25, 0.3) is 0 Å². The van der Waals surface area contributed by atoms with Crippen LogP contribution < -0.4 is 0 Å². The van der Waals surface area contributed by atoms with Gasteiger partial charge in [0.1, 0.15) is 6.10 Å². The molecule has 3 heterocycles. The molecule has 2 amide bonds. The van der Waals surface area contributed by atoms with Gasteiger partial charge in [0.25, 0.3) is 5.91 Å². The summed E-state index contributed by atoms with van der Waals surface area (Å²) in [6, 6.07) is 1.98. The Hall–Kier alpha value is -1.82. The Morgan fingerprint density at radius 2 is 1.96 bits per heavy atom. The molecule has 0 saturated carbocycles. The van der Waals surface area contributed by atoms with Crippen molar-refractivity contribution in [3.05, 3.63) is 24.0 Å². The molecule has 1 aromatic heterocycles. The van der Waals surface area contributed by atoms with Crippen molar-refractivity contribution in [3.63, 3.8) is 0 Å². The van der Waals surface area contributed by atoms with Crippen LogP contribution in [0, 0.1) is 0 Å². The Morgan fingerprint density at radius 1 is 1.17 bits per heavy atom. The quantitative estimate of drug-likeness (QED) is 0.828. The van der Waals surface area contributed by atoms with Crippen LogP contribution >= 0.6 is 0 Å². The Kier molecular flexibility index (Phi) is 5.00. The number of amides is 2. The molecule has 1 unspecified atom stereocenters. The molecule has 126 valence electrons. The van der Waals surface area contributed by atoms with E-state index in [-0.39, 0.29) is 17.9 Å². The normalized spacial score (nSPS) is 22.2. The molecule has 2 fully saturated rings. The van der Waals surface area contributed by atoms with Crippen LogP contribution in [-0.4, -0.2) is 65.1 Å². The van der Waals surface area contributed by atoms with Crippen molar-refractivity contribution < 1.29 is 14.3 Å². The molecule has 6 heteroatoms. The summed E-state index contributed by atoms with van der Waals surface area (Å²) in [7, 11) is 1.95. The van der Waals surface area contributed by atoms with Gasteiger partial charge in [0, 0.05) is 52.2 Å². The van der Waals surface area contributed by atoms with Gasteiger partial charge in [-0.25, -0.2) is 0 Å². The van der Waals surface area contributed by atoms with E-state index in [1.54, 1.807) is 0 Å². The molecule has 0 N–H and O–H groups in total. The fraction of sp³-hybridized carbons (Fsp3) is 0.647. The summed E-state index contributed by atoms with van der Waals surface area (Å²) in [5, 5.41) is 0. The second kappa shape index (κ2) is 7.17. The average Bonchev–Trinajstić information content (AvgIpc) is 3.13. The van der Waals surface area contributed by atoms with E-state index < -0.39 is 0 Å². The molecule has 1 atom stereocenters. The van der Waals surface area contributed by atoms with Crippen LogP contribution in [0.4, 0.5) is 0 Å². The third-order valence-corrected chi connectivity index (χ3v) is 4.61. The molecule has 2 aliphatic rings. The van der Waals surface area contributed by atoms with E-state index in [4.69, 9.17) is 4.74 Å². The van der Waals surface area contributed by atoms with Crippen molar-refractivity contribution in [2.24, 2.45) is 7.05 Å². The second-order valence-corrected chi connectivity index (χ2v) is 6.42. The lowest BCUT2D eigenvalue weighted by atomic mass is 10.2. The number of hydrogen-bond acceptors (Lipinski definition) is 3. The van der Waals surface area contributed by atoms with Crippen molar-refractivity contribution in [2.45, 2.75) is 31.8 Å². The lowest BCUT2D eigenvalue weighted by Crippen LogP contribution is -2.42. The fourth-order valence-electron chi connectivity index (χ4n) is 3.32. The van der Waals surface area contributed by atoms with Crippen LogP contribution in [0.15, 0.2) is 18.5 Å². The van der Waals surface area contributed by atoms with Gasteiger partial charge < -0.3 is 19.1 Å². The van der Waals surface area contributed by atoms with E-state index in [0.717, 1.165) is 31.4 Å². The van der Waals surface area contributed by atoms with Crippen molar-refractivity contribution in [1.29, 1.82) is 0 Å². The number of aryl methyl sites for hydroxylation is 1. The molecular weight excluding hydrogens is 294 g/mol. The maximum absolute atomic E-state index is 12.5. The van der Waals surface area contributed by atoms with E-state index in [1.807, 2.05) is 39.9 Å². The highest BCUT2D eigenvalue weighted by Gasteiger charge is 2.30. The maximum Gasteiger partial charge on any atom is 0.251 e. The largest absolute Gasteiger partial charge is 0.368 e. The Morgan fingerprint density at radius 3 is 2.65 bits per heavy atom. The van der Waals surface area contributed by atoms with Gasteiger partial charge in [0.2, 0.25) is 5.91 Å². The first-order chi connectivity index (χ1) is 11.1. The first kappa shape index (κ1) is 16.1. The maximum atomic E-state index is 12.5. The summed E-state index contributed by atoms with van der Waals surface area (Å²) >= 11 is 0. The van der Waals surface area contributed by atoms with Gasteiger partial charge in [-0.15, -0.1) is 0 Å². The van der Waals surface area contributed by atoms with E-state index in [0.29, 0.717) is 32.7 Å². The van der Waals surface area contributed by atoms with E-state index in [9.17, 15) is 9.59 Å². The molecule has 0 aliphatic carbocycles. The Bertz CT molecular complexity index is 563. The summed E-state index contributed by atoms with van der Waals surface area (Å²) in [4.78, 5) is 28.6. The zero-order valence-electron chi connectivity index (χ0n) is 13.7. The number of carbonyl (C=O) groups is 2. The highest BCUT2D eigenvalue weighted by molar-refractivity contribution is 5.82. The molecule has 1 aromatic rings. The van der Waals surface area contributed by atoms with E-state index in [2.05, 4.69) is 0 Å². The minimum atomic E-state index is -0.262.